The minimum Gasteiger partial charge on any atom is -0.308 e. The number of nitrogens with zero attached hydrogens (tertiary/aromatic N) is 2. The molecule has 0 unspecified atom stereocenters. The van der Waals surface area contributed by atoms with E-state index in [0.29, 0.717) is 0 Å². The molecule has 18 aromatic rings. The van der Waals surface area contributed by atoms with Gasteiger partial charge in [-0.1, -0.05) is 317 Å². The van der Waals surface area contributed by atoms with Crippen LogP contribution in [0.3, 0.4) is 0 Å². The summed E-state index contributed by atoms with van der Waals surface area (Å²) >= 11 is 0. The summed E-state index contributed by atoms with van der Waals surface area (Å²) in [6.07, 6.45) is 0. The van der Waals surface area contributed by atoms with Crippen LogP contribution in [0.25, 0.3) is 188 Å². The third-order valence-electron chi connectivity index (χ3n) is 23.9. The fourth-order valence-electron chi connectivity index (χ4n) is 19.5. The number of fused-ring (bicyclic) bond motifs is 15. The molecule has 23 rings (SSSR count). The summed E-state index contributed by atoms with van der Waals surface area (Å²) in [5, 5.41) is 10.0. The second-order valence-electron chi connectivity index (χ2n) is 29.6. The number of anilines is 6. The van der Waals surface area contributed by atoms with E-state index in [9.17, 15) is 0 Å². The summed E-state index contributed by atoms with van der Waals surface area (Å²) < 4.78 is 0. The summed E-state index contributed by atoms with van der Waals surface area (Å²) in [7, 11) is 0. The Morgan fingerprint density at radius 3 is 0.667 bits per heavy atom. The number of benzene rings is 18. The maximum atomic E-state index is 2.73. The smallest absolute Gasteiger partial charge is 0.0625 e. The molecule has 0 bridgehead atoms. The van der Waals surface area contributed by atoms with Gasteiger partial charge in [0.15, 0.2) is 0 Å². The third-order valence-corrected chi connectivity index (χ3v) is 23.9. The van der Waals surface area contributed by atoms with E-state index in [2.05, 4.69) is 375 Å². The molecule has 0 N–H and O–H groups in total. The zero-order chi connectivity index (χ0) is 68.9. The van der Waals surface area contributed by atoms with E-state index >= 15 is 0 Å². The average molecular weight is 1330 g/mol. The monoisotopic (exact) mass is 1330 g/mol. The molecular formula is C103H64N2. The molecule has 105 heavy (non-hydrogen) atoms. The minimum atomic E-state index is -0.525. The first-order valence-electron chi connectivity index (χ1n) is 36.8. The highest BCUT2D eigenvalue weighted by Gasteiger charge is 2.42. The molecule has 5 aliphatic rings. The molecule has 2 nitrogen and oxygen atoms in total. The largest absolute Gasteiger partial charge is 0.308 e. The molecule has 0 spiro atoms. The van der Waals surface area contributed by atoms with Gasteiger partial charge in [-0.2, -0.15) is 0 Å². The zero-order valence-corrected chi connectivity index (χ0v) is 57.9. The Hall–Kier alpha value is -13.4. The van der Waals surface area contributed by atoms with Crippen LogP contribution < -0.4 is 9.80 Å². The van der Waals surface area contributed by atoms with Crippen LogP contribution in [-0.2, 0) is 5.41 Å². The van der Waals surface area contributed by atoms with Crippen molar-refractivity contribution in [3.8, 4) is 145 Å². The standard InChI is InChI=1S/C103H64N2/c1-103(2)89-59-69(104(99-85(61-27-7-3-8-28-61)55-65-35-23-47-77-71-39-15-19-43-81(71)95(99)91(65)77)100-86(62-29-9-4-10-30-62)56-66-36-24-48-78-72-40-16-20-44-82(72)96(100)92(66)78)51-53-75(89)76-54-52-70(60-90(76)103)105(101-87(63-31-11-5-12-32-63)57-67-37-25-49-79-73-41-17-21-45-83(73)97(101)93(67)79)102-88(64-33-13-6-14-34-64)58-68-38-26-50-80-74-42-18-22-46-84(74)98(102)94(68)80/h3-60H,1-2H3. The molecule has 0 saturated heterocycles. The van der Waals surface area contributed by atoms with Gasteiger partial charge in [0.05, 0.1) is 22.7 Å². The molecule has 0 saturated carbocycles. The SMILES string of the molecule is CC1(C)c2cc(N(c3c(-c4ccccc4)cc4cccc5c4c3-c3ccccc3-5)c3c(-c4ccccc4)cc4cccc5c4c3-c3ccccc3-5)ccc2-c2ccc(N(c3c(-c4ccccc4)cc4cccc5c4c3-c3ccccc3-5)c3c(-c4ccccc4)cc4cccc5c4c3-c3ccccc3-5)cc21. The van der Waals surface area contributed by atoms with E-state index in [0.717, 1.165) is 56.4 Å². The van der Waals surface area contributed by atoms with Crippen molar-refractivity contribution in [2.24, 2.45) is 0 Å². The van der Waals surface area contributed by atoms with Crippen molar-refractivity contribution in [3.63, 3.8) is 0 Å². The van der Waals surface area contributed by atoms with Crippen LogP contribution in [0, 0.1) is 0 Å². The van der Waals surface area contributed by atoms with Gasteiger partial charge in [-0.15, -0.1) is 0 Å². The maximum absolute atomic E-state index is 2.73. The maximum Gasteiger partial charge on any atom is 0.0625 e. The van der Waals surface area contributed by atoms with E-state index in [1.165, 1.54) is 177 Å². The van der Waals surface area contributed by atoms with Crippen molar-refractivity contribution in [1.29, 1.82) is 0 Å². The molecular weight excluding hydrogens is 1270 g/mol. The van der Waals surface area contributed by atoms with Gasteiger partial charge in [-0.05, 0) is 203 Å². The first kappa shape index (κ1) is 58.3. The van der Waals surface area contributed by atoms with Gasteiger partial charge in [0.2, 0.25) is 0 Å². The van der Waals surface area contributed by atoms with Gasteiger partial charge in [0.1, 0.15) is 0 Å². The lowest BCUT2D eigenvalue weighted by atomic mass is 9.81. The Bertz CT molecular complexity index is 6070. The van der Waals surface area contributed by atoms with Crippen LogP contribution in [0.1, 0.15) is 25.0 Å². The quantitative estimate of drug-likeness (QED) is 0.135. The molecule has 486 valence electrons. The summed E-state index contributed by atoms with van der Waals surface area (Å²) in [6.45, 7) is 4.98. The third kappa shape index (κ3) is 8.08. The van der Waals surface area contributed by atoms with Crippen LogP contribution in [0.2, 0.25) is 0 Å². The van der Waals surface area contributed by atoms with Gasteiger partial charge in [0, 0.05) is 61.3 Å². The average Bonchev–Trinajstić information content (AvgIpc) is 1.59. The van der Waals surface area contributed by atoms with E-state index in [1.54, 1.807) is 0 Å². The van der Waals surface area contributed by atoms with Crippen molar-refractivity contribution < 1.29 is 0 Å². The second-order valence-corrected chi connectivity index (χ2v) is 29.6. The molecule has 0 atom stereocenters. The van der Waals surface area contributed by atoms with E-state index in [-0.39, 0.29) is 0 Å². The van der Waals surface area contributed by atoms with Crippen LogP contribution >= 0.6 is 0 Å². The molecule has 2 heteroatoms. The van der Waals surface area contributed by atoms with Gasteiger partial charge in [-0.25, -0.2) is 0 Å². The fourth-order valence-corrected chi connectivity index (χ4v) is 19.5. The predicted octanol–water partition coefficient (Wildman–Crippen LogP) is 28.8. The summed E-state index contributed by atoms with van der Waals surface area (Å²) in [5.74, 6) is 0. The summed E-state index contributed by atoms with van der Waals surface area (Å²) in [4.78, 5) is 5.47. The van der Waals surface area contributed by atoms with Gasteiger partial charge in [0.25, 0.3) is 0 Å². The van der Waals surface area contributed by atoms with Crippen molar-refractivity contribution in [3.05, 3.63) is 363 Å². The molecule has 0 radical (unpaired) electrons. The lowest BCUT2D eigenvalue weighted by molar-refractivity contribution is 0.660. The first-order valence-corrected chi connectivity index (χ1v) is 36.8. The molecule has 0 amide bonds. The zero-order valence-electron chi connectivity index (χ0n) is 57.9. The highest BCUT2D eigenvalue weighted by atomic mass is 15.2. The number of hydrogen-bond acceptors (Lipinski definition) is 2. The van der Waals surface area contributed by atoms with E-state index in [4.69, 9.17) is 0 Å². The fraction of sp³-hybridized carbons (Fsp3) is 0.0291. The summed E-state index contributed by atoms with van der Waals surface area (Å²) in [5.41, 5.74) is 40.8. The number of hydrogen-bond donors (Lipinski definition) is 0. The van der Waals surface area contributed by atoms with Crippen LogP contribution in [0.15, 0.2) is 352 Å². The van der Waals surface area contributed by atoms with Crippen molar-refractivity contribution in [2.75, 3.05) is 9.80 Å². The van der Waals surface area contributed by atoms with E-state index in [1.807, 2.05) is 0 Å². The Kier molecular flexibility index (Phi) is 12.1. The molecule has 0 aliphatic heterocycles. The lowest BCUT2D eigenvalue weighted by Gasteiger charge is -2.35. The van der Waals surface area contributed by atoms with Crippen molar-refractivity contribution in [2.45, 2.75) is 19.3 Å². The second kappa shape index (κ2) is 21.8. The molecule has 0 aromatic heterocycles. The van der Waals surface area contributed by atoms with Gasteiger partial charge in [-0.3, -0.25) is 0 Å². The summed E-state index contributed by atoms with van der Waals surface area (Å²) in [6, 6.07) is 134. The van der Waals surface area contributed by atoms with Gasteiger partial charge >= 0.3 is 0 Å². The minimum absolute atomic E-state index is 0.525. The topological polar surface area (TPSA) is 6.48 Å². The molecule has 0 heterocycles. The predicted molar refractivity (Wildman–Crippen MR) is 443 cm³/mol. The Balaban J connectivity index is 0.821. The Labute approximate surface area is 609 Å². The highest BCUT2D eigenvalue weighted by Crippen LogP contribution is 2.66. The first-order chi connectivity index (χ1) is 51.9. The Morgan fingerprint density at radius 1 is 0.181 bits per heavy atom. The number of rotatable bonds is 10. The Morgan fingerprint density at radius 2 is 0.410 bits per heavy atom. The van der Waals surface area contributed by atoms with Crippen LogP contribution in [-0.4, -0.2) is 0 Å². The molecule has 0 fully saturated rings. The molecule has 18 aromatic carbocycles. The van der Waals surface area contributed by atoms with Gasteiger partial charge < -0.3 is 9.80 Å². The molecule has 5 aliphatic carbocycles. The van der Waals surface area contributed by atoms with E-state index < -0.39 is 5.41 Å². The lowest BCUT2D eigenvalue weighted by Crippen LogP contribution is -2.19. The van der Waals surface area contributed by atoms with Crippen molar-refractivity contribution >= 4 is 77.2 Å². The van der Waals surface area contributed by atoms with Crippen LogP contribution in [0.5, 0.6) is 0 Å². The normalized spacial score (nSPS) is 12.9. The van der Waals surface area contributed by atoms with Crippen molar-refractivity contribution in [1.82, 2.24) is 0 Å². The van der Waals surface area contributed by atoms with Crippen LogP contribution in [0.4, 0.5) is 34.1 Å². The highest BCUT2D eigenvalue weighted by molar-refractivity contribution is 6.29.